The van der Waals surface area contributed by atoms with Crippen LogP contribution in [-0.2, 0) is 4.79 Å². The number of carbonyl (C=O) groups is 1. The molecule has 3 N–H and O–H groups in total. The zero-order valence-electron chi connectivity index (χ0n) is 10.6. The minimum Gasteiger partial charge on any atom is -0.368 e. The van der Waals surface area contributed by atoms with Gasteiger partial charge in [0.25, 0.3) is 0 Å². The minimum atomic E-state index is 0.0392. The van der Waals surface area contributed by atoms with Crippen LogP contribution < -0.4 is 11.1 Å². The Bertz CT molecular complexity index is 429. The fraction of sp³-hybridized carbons (Fsp3) is 0.636. The van der Waals surface area contributed by atoms with Gasteiger partial charge in [0.1, 0.15) is 0 Å². The summed E-state index contributed by atoms with van der Waals surface area (Å²) < 4.78 is 0. The molecule has 2 rings (SSSR count). The molecule has 1 saturated heterocycles. The molecule has 0 aromatic carbocycles. The number of aromatic nitrogens is 3. The van der Waals surface area contributed by atoms with E-state index in [2.05, 4.69) is 20.3 Å². The van der Waals surface area contributed by atoms with Gasteiger partial charge in [0, 0.05) is 26.1 Å². The number of nitrogen functional groups attached to an aromatic ring is 1. The highest BCUT2D eigenvalue weighted by molar-refractivity contribution is 6.28. The van der Waals surface area contributed by atoms with Crippen LogP contribution in [0.5, 0.6) is 0 Å². The van der Waals surface area contributed by atoms with Crippen LogP contribution in [0.4, 0.5) is 11.9 Å². The van der Waals surface area contributed by atoms with Gasteiger partial charge >= 0.3 is 0 Å². The fourth-order valence-electron chi connectivity index (χ4n) is 2.03. The molecule has 0 radical (unpaired) electrons. The average molecular weight is 285 g/mol. The number of hydrogen-bond acceptors (Lipinski definition) is 6. The lowest BCUT2D eigenvalue weighted by molar-refractivity contribution is -0.131. The number of likely N-dealkylation sites (tertiary alicyclic amines) is 1. The Morgan fingerprint density at radius 1 is 1.26 bits per heavy atom. The van der Waals surface area contributed by atoms with E-state index in [0.717, 1.165) is 25.9 Å². The van der Waals surface area contributed by atoms with E-state index in [0.29, 0.717) is 18.9 Å². The molecular weight excluding hydrogens is 268 g/mol. The Balaban J connectivity index is 1.77. The summed E-state index contributed by atoms with van der Waals surface area (Å²) in [5.74, 6) is 0.508. The van der Waals surface area contributed by atoms with Gasteiger partial charge in [-0.15, -0.1) is 0 Å². The van der Waals surface area contributed by atoms with Crippen molar-refractivity contribution in [2.75, 3.05) is 30.7 Å². The second-order valence-electron chi connectivity index (χ2n) is 4.40. The van der Waals surface area contributed by atoms with Gasteiger partial charge in [0.2, 0.25) is 23.1 Å². The second kappa shape index (κ2) is 6.51. The van der Waals surface area contributed by atoms with Gasteiger partial charge in [0.15, 0.2) is 0 Å². The first kappa shape index (κ1) is 13.8. The molecule has 104 valence electrons. The number of piperidine rings is 1. The zero-order chi connectivity index (χ0) is 13.7. The third-order valence-electron chi connectivity index (χ3n) is 2.96. The SMILES string of the molecule is Nc1nc(Cl)nc(NCCC(=O)N2CCCCC2)n1. The topological polar surface area (TPSA) is 97.0 Å². The van der Waals surface area contributed by atoms with Crippen LogP contribution in [0.3, 0.4) is 0 Å². The van der Waals surface area contributed by atoms with Crippen molar-refractivity contribution in [2.45, 2.75) is 25.7 Å². The third-order valence-corrected chi connectivity index (χ3v) is 3.13. The molecule has 1 amide bonds. The molecule has 1 aromatic rings. The summed E-state index contributed by atoms with van der Waals surface area (Å²) >= 11 is 5.66. The van der Waals surface area contributed by atoms with Crippen molar-refractivity contribution < 1.29 is 4.79 Å². The van der Waals surface area contributed by atoms with Crippen LogP contribution in [0.1, 0.15) is 25.7 Å². The van der Waals surface area contributed by atoms with Gasteiger partial charge in [-0.25, -0.2) is 0 Å². The number of nitrogens with two attached hydrogens (primary N) is 1. The van der Waals surface area contributed by atoms with Crippen LogP contribution in [0.2, 0.25) is 5.28 Å². The largest absolute Gasteiger partial charge is 0.368 e. The molecule has 0 unspecified atom stereocenters. The molecule has 0 saturated carbocycles. The summed E-state index contributed by atoms with van der Waals surface area (Å²) in [5.41, 5.74) is 5.45. The minimum absolute atomic E-state index is 0.0392. The van der Waals surface area contributed by atoms with E-state index in [1.54, 1.807) is 0 Å². The number of halogens is 1. The van der Waals surface area contributed by atoms with E-state index < -0.39 is 0 Å². The van der Waals surface area contributed by atoms with Crippen LogP contribution >= 0.6 is 11.6 Å². The average Bonchev–Trinajstić information content (AvgIpc) is 2.38. The Labute approximate surface area is 116 Å². The van der Waals surface area contributed by atoms with E-state index in [9.17, 15) is 4.79 Å². The lowest BCUT2D eigenvalue weighted by Gasteiger charge is -2.26. The third kappa shape index (κ3) is 4.20. The molecule has 0 bridgehead atoms. The second-order valence-corrected chi connectivity index (χ2v) is 4.74. The summed E-state index contributed by atoms with van der Waals surface area (Å²) in [6.45, 7) is 2.18. The predicted octanol–water partition coefficient (Wildman–Crippen LogP) is 0.922. The molecule has 2 heterocycles. The molecular formula is C11H17ClN6O. The van der Waals surface area contributed by atoms with E-state index in [-0.39, 0.29) is 17.1 Å². The number of nitrogens with zero attached hydrogens (tertiary/aromatic N) is 4. The van der Waals surface area contributed by atoms with E-state index in [1.807, 2.05) is 4.90 Å². The maximum Gasteiger partial charge on any atom is 0.228 e. The normalized spacial score (nSPS) is 15.3. The van der Waals surface area contributed by atoms with Crippen molar-refractivity contribution in [3.8, 4) is 0 Å². The van der Waals surface area contributed by atoms with E-state index in [4.69, 9.17) is 17.3 Å². The van der Waals surface area contributed by atoms with Gasteiger partial charge < -0.3 is 16.0 Å². The molecule has 1 aliphatic heterocycles. The highest BCUT2D eigenvalue weighted by Gasteiger charge is 2.15. The number of nitrogens with one attached hydrogen (secondary N) is 1. The smallest absolute Gasteiger partial charge is 0.228 e. The van der Waals surface area contributed by atoms with Gasteiger partial charge in [-0.1, -0.05) is 0 Å². The van der Waals surface area contributed by atoms with Crippen LogP contribution in [-0.4, -0.2) is 45.4 Å². The molecule has 7 nitrogen and oxygen atoms in total. The van der Waals surface area contributed by atoms with Crippen molar-refractivity contribution >= 4 is 29.4 Å². The van der Waals surface area contributed by atoms with Crippen molar-refractivity contribution in [3.63, 3.8) is 0 Å². The van der Waals surface area contributed by atoms with Crippen LogP contribution in [0, 0.1) is 0 Å². The van der Waals surface area contributed by atoms with Crippen LogP contribution in [0.25, 0.3) is 0 Å². The summed E-state index contributed by atoms with van der Waals surface area (Å²) in [6, 6.07) is 0. The number of rotatable bonds is 4. The fourth-order valence-corrected chi connectivity index (χ4v) is 2.19. The molecule has 0 spiro atoms. The summed E-state index contributed by atoms with van der Waals surface area (Å²) in [7, 11) is 0. The number of hydrogen-bond donors (Lipinski definition) is 2. The summed E-state index contributed by atoms with van der Waals surface area (Å²) in [4.78, 5) is 25.2. The molecule has 1 aliphatic rings. The Morgan fingerprint density at radius 2 is 2.00 bits per heavy atom. The first-order chi connectivity index (χ1) is 9.15. The number of anilines is 2. The molecule has 1 fully saturated rings. The van der Waals surface area contributed by atoms with Gasteiger partial charge in [0.05, 0.1) is 0 Å². The Kier molecular flexibility index (Phi) is 4.73. The standard InChI is InChI=1S/C11H17ClN6O/c12-9-15-10(13)17-11(16-9)14-5-4-8(19)18-6-2-1-3-7-18/h1-7H2,(H3,13,14,15,16,17). The Morgan fingerprint density at radius 3 is 2.68 bits per heavy atom. The van der Waals surface area contributed by atoms with Gasteiger partial charge in [-0.05, 0) is 30.9 Å². The highest BCUT2D eigenvalue weighted by Crippen LogP contribution is 2.10. The quantitative estimate of drug-likeness (QED) is 0.853. The molecule has 8 heteroatoms. The lowest BCUT2D eigenvalue weighted by atomic mass is 10.1. The van der Waals surface area contributed by atoms with E-state index >= 15 is 0 Å². The van der Waals surface area contributed by atoms with Crippen molar-refractivity contribution in [3.05, 3.63) is 5.28 Å². The molecule has 0 aliphatic carbocycles. The molecule has 1 aromatic heterocycles. The number of amides is 1. The van der Waals surface area contributed by atoms with Crippen LogP contribution in [0.15, 0.2) is 0 Å². The molecule has 0 atom stereocenters. The summed E-state index contributed by atoms with van der Waals surface area (Å²) in [5, 5.41) is 2.96. The Hall–Kier alpha value is -1.63. The first-order valence-corrected chi connectivity index (χ1v) is 6.71. The highest BCUT2D eigenvalue weighted by atomic mass is 35.5. The maximum absolute atomic E-state index is 11.9. The zero-order valence-corrected chi connectivity index (χ0v) is 11.4. The van der Waals surface area contributed by atoms with Crippen molar-refractivity contribution in [2.24, 2.45) is 0 Å². The monoisotopic (exact) mass is 284 g/mol. The maximum atomic E-state index is 11.9. The van der Waals surface area contributed by atoms with Gasteiger partial charge in [-0.2, -0.15) is 15.0 Å². The number of carbonyl (C=O) groups excluding carboxylic acids is 1. The summed E-state index contributed by atoms with van der Waals surface area (Å²) in [6.07, 6.45) is 3.81. The van der Waals surface area contributed by atoms with E-state index in [1.165, 1.54) is 6.42 Å². The van der Waals surface area contributed by atoms with Crippen molar-refractivity contribution in [1.29, 1.82) is 0 Å². The predicted molar refractivity (Wildman–Crippen MR) is 72.8 cm³/mol. The lowest BCUT2D eigenvalue weighted by Crippen LogP contribution is -2.36. The van der Waals surface area contributed by atoms with Crippen molar-refractivity contribution in [1.82, 2.24) is 19.9 Å². The first-order valence-electron chi connectivity index (χ1n) is 6.34. The van der Waals surface area contributed by atoms with Gasteiger partial charge in [-0.3, -0.25) is 4.79 Å². The molecule has 19 heavy (non-hydrogen) atoms.